The van der Waals surface area contributed by atoms with E-state index in [1.54, 1.807) is 0 Å². The minimum Gasteiger partial charge on any atom is -0.383 e. The molecule has 1 aromatic carbocycles. The monoisotopic (exact) mass is 271 g/mol. The maximum Gasteiger partial charge on any atom is 0.131 e. The molecular formula is C17H25N3. The van der Waals surface area contributed by atoms with Gasteiger partial charge in [0, 0.05) is 18.5 Å². The first-order valence-corrected chi connectivity index (χ1v) is 7.51. The van der Waals surface area contributed by atoms with E-state index in [4.69, 9.17) is 10.7 Å². The molecule has 0 aliphatic rings. The van der Waals surface area contributed by atoms with Crippen LogP contribution in [0.2, 0.25) is 0 Å². The molecule has 108 valence electrons. The van der Waals surface area contributed by atoms with E-state index in [9.17, 15) is 0 Å². The molecule has 2 N–H and O–H groups in total. The summed E-state index contributed by atoms with van der Waals surface area (Å²) in [5.74, 6) is 1.92. The largest absolute Gasteiger partial charge is 0.383 e. The molecule has 2 rings (SSSR count). The van der Waals surface area contributed by atoms with Gasteiger partial charge in [-0.3, -0.25) is 0 Å². The molecule has 0 amide bonds. The number of benzene rings is 1. The van der Waals surface area contributed by atoms with Crippen molar-refractivity contribution >= 4 is 5.82 Å². The minimum atomic E-state index is 0.809. The number of hydrogen-bond donors (Lipinski definition) is 1. The van der Waals surface area contributed by atoms with Gasteiger partial charge in [-0.05, 0) is 37.8 Å². The zero-order valence-electron chi connectivity index (χ0n) is 13.0. The Bertz CT molecular complexity index is 597. The lowest BCUT2D eigenvalue weighted by Crippen LogP contribution is -2.06. The van der Waals surface area contributed by atoms with Gasteiger partial charge in [-0.15, -0.1) is 0 Å². The van der Waals surface area contributed by atoms with Crippen molar-refractivity contribution < 1.29 is 0 Å². The van der Waals surface area contributed by atoms with Crippen LogP contribution in [0, 0.1) is 13.8 Å². The van der Waals surface area contributed by atoms with Gasteiger partial charge in [0.2, 0.25) is 0 Å². The van der Waals surface area contributed by atoms with E-state index < -0.39 is 0 Å². The molecule has 0 radical (unpaired) electrons. The molecule has 2 aromatic rings. The number of hydrogen-bond acceptors (Lipinski definition) is 2. The second-order valence-corrected chi connectivity index (χ2v) is 5.41. The maximum atomic E-state index is 6.37. The van der Waals surface area contributed by atoms with Crippen LogP contribution in [0.5, 0.6) is 0 Å². The molecule has 3 heteroatoms. The highest BCUT2D eigenvalue weighted by Crippen LogP contribution is 2.30. The first kappa shape index (κ1) is 14.6. The van der Waals surface area contributed by atoms with E-state index in [-0.39, 0.29) is 0 Å². The molecule has 1 aromatic heterocycles. The lowest BCUT2D eigenvalue weighted by molar-refractivity contribution is 0.637. The van der Waals surface area contributed by atoms with Crippen LogP contribution >= 0.6 is 0 Å². The van der Waals surface area contributed by atoms with E-state index in [1.165, 1.54) is 11.1 Å². The van der Waals surface area contributed by atoms with Gasteiger partial charge in [0.1, 0.15) is 17.3 Å². The van der Waals surface area contributed by atoms with E-state index >= 15 is 0 Å². The van der Waals surface area contributed by atoms with Gasteiger partial charge >= 0.3 is 0 Å². The van der Waals surface area contributed by atoms with Crippen molar-refractivity contribution in [2.24, 2.45) is 0 Å². The average molecular weight is 271 g/mol. The summed E-state index contributed by atoms with van der Waals surface area (Å²) >= 11 is 0. The van der Waals surface area contributed by atoms with Crippen LogP contribution in [0.3, 0.4) is 0 Å². The van der Waals surface area contributed by atoms with Crippen molar-refractivity contribution in [1.29, 1.82) is 0 Å². The summed E-state index contributed by atoms with van der Waals surface area (Å²) in [7, 11) is 0. The van der Waals surface area contributed by atoms with Crippen molar-refractivity contribution in [3.8, 4) is 11.3 Å². The van der Waals surface area contributed by atoms with E-state index in [0.717, 1.165) is 48.7 Å². The van der Waals surface area contributed by atoms with Crippen LogP contribution in [0.15, 0.2) is 18.2 Å². The molecule has 0 unspecified atom stereocenters. The third-order valence-electron chi connectivity index (χ3n) is 3.87. The smallest absolute Gasteiger partial charge is 0.131 e. The summed E-state index contributed by atoms with van der Waals surface area (Å²) < 4.78 is 2.18. The first-order chi connectivity index (χ1) is 9.60. The first-order valence-electron chi connectivity index (χ1n) is 7.51. The predicted octanol–water partition coefficient (Wildman–Crippen LogP) is 4.11. The Labute approximate surface area is 121 Å². The molecule has 0 aliphatic heterocycles. The Balaban J connectivity index is 2.57. The second-order valence-electron chi connectivity index (χ2n) is 5.41. The van der Waals surface area contributed by atoms with Crippen LogP contribution in [0.1, 0.15) is 43.6 Å². The highest BCUT2D eigenvalue weighted by Gasteiger charge is 2.16. The van der Waals surface area contributed by atoms with Crippen molar-refractivity contribution in [2.45, 2.75) is 53.5 Å². The van der Waals surface area contributed by atoms with Gasteiger partial charge in [0.15, 0.2) is 0 Å². The summed E-state index contributed by atoms with van der Waals surface area (Å²) in [5.41, 5.74) is 11.0. The Morgan fingerprint density at radius 3 is 2.55 bits per heavy atom. The van der Waals surface area contributed by atoms with Crippen LogP contribution in [0.25, 0.3) is 11.3 Å². The number of imidazole rings is 1. The van der Waals surface area contributed by atoms with Crippen LogP contribution in [-0.2, 0) is 13.0 Å². The number of rotatable bonds is 5. The molecule has 0 saturated heterocycles. The number of aryl methyl sites for hydroxylation is 2. The van der Waals surface area contributed by atoms with Crippen molar-refractivity contribution in [3.05, 3.63) is 35.2 Å². The Hall–Kier alpha value is -1.77. The predicted molar refractivity (Wildman–Crippen MR) is 85.8 cm³/mol. The molecule has 0 atom stereocenters. The van der Waals surface area contributed by atoms with Gasteiger partial charge in [0.25, 0.3) is 0 Å². The third-order valence-corrected chi connectivity index (χ3v) is 3.87. The number of nitrogen functional groups attached to an aromatic ring is 1. The molecule has 1 heterocycles. The molecule has 0 bridgehead atoms. The summed E-state index contributed by atoms with van der Waals surface area (Å²) in [6, 6.07) is 6.33. The SMILES string of the molecule is CCCc1nc(-c2cccc(C)c2C)c(N)n1CCC. The van der Waals surface area contributed by atoms with Gasteiger partial charge < -0.3 is 10.3 Å². The maximum absolute atomic E-state index is 6.37. The number of nitrogens with two attached hydrogens (primary N) is 1. The molecule has 0 fully saturated rings. The van der Waals surface area contributed by atoms with E-state index in [0.29, 0.717) is 0 Å². The fourth-order valence-corrected chi connectivity index (χ4v) is 2.61. The van der Waals surface area contributed by atoms with Gasteiger partial charge in [-0.2, -0.15) is 0 Å². The summed E-state index contributed by atoms with van der Waals surface area (Å²) in [5, 5.41) is 0. The zero-order chi connectivity index (χ0) is 14.7. The highest BCUT2D eigenvalue weighted by molar-refractivity contribution is 5.74. The lowest BCUT2D eigenvalue weighted by Gasteiger charge is -2.09. The average Bonchev–Trinajstić information content (AvgIpc) is 2.72. The van der Waals surface area contributed by atoms with Crippen molar-refractivity contribution in [2.75, 3.05) is 5.73 Å². The molecular weight excluding hydrogens is 246 g/mol. The summed E-state index contributed by atoms with van der Waals surface area (Å²) in [6.45, 7) is 9.57. The number of aromatic nitrogens is 2. The summed E-state index contributed by atoms with van der Waals surface area (Å²) in [4.78, 5) is 4.83. The molecule has 0 aliphatic carbocycles. The fraction of sp³-hybridized carbons (Fsp3) is 0.471. The van der Waals surface area contributed by atoms with Crippen molar-refractivity contribution in [1.82, 2.24) is 9.55 Å². The summed E-state index contributed by atoms with van der Waals surface area (Å²) in [6.07, 6.45) is 3.14. The van der Waals surface area contributed by atoms with Gasteiger partial charge in [-0.1, -0.05) is 32.0 Å². The quantitative estimate of drug-likeness (QED) is 0.889. The second kappa shape index (κ2) is 6.12. The molecule has 0 saturated carbocycles. The zero-order valence-corrected chi connectivity index (χ0v) is 13.0. The topological polar surface area (TPSA) is 43.8 Å². The van der Waals surface area contributed by atoms with E-state index in [2.05, 4.69) is 50.5 Å². The Kier molecular flexibility index (Phi) is 4.48. The van der Waals surface area contributed by atoms with Crippen molar-refractivity contribution in [3.63, 3.8) is 0 Å². The highest BCUT2D eigenvalue weighted by atomic mass is 15.1. The normalized spacial score (nSPS) is 11.0. The van der Waals surface area contributed by atoms with Gasteiger partial charge in [0.05, 0.1) is 0 Å². The fourth-order valence-electron chi connectivity index (χ4n) is 2.61. The van der Waals surface area contributed by atoms with Gasteiger partial charge in [-0.25, -0.2) is 4.98 Å². The van der Waals surface area contributed by atoms with E-state index in [1.807, 2.05) is 0 Å². The van der Waals surface area contributed by atoms with Crippen LogP contribution < -0.4 is 5.73 Å². The van der Waals surface area contributed by atoms with Crippen LogP contribution in [0.4, 0.5) is 5.82 Å². The molecule has 3 nitrogen and oxygen atoms in total. The third kappa shape index (κ3) is 2.58. The lowest BCUT2D eigenvalue weighted by atomic mass is 10.0. The number of nitrogens with zero attached hydrogens (tertiary/aromatic N) is 2. The minimum absolute atomic E-state index is 0.809. The Morgan fingerprint density at radius 1 is 1.15 bits per heavy atom. The number of anilines is 1. The van der Waals surface area contributed by atoms with Crippen LogP contribution in [-0.4, -0.2) is 9.55 Å². The standard InChI is InChI=1S/C17H25N3/c1-5-8-15-19-16(17(18)20(15)11-6-2)14-10-7-9-12(3)13(14)4/h7,9-10H,5-6,8,11,18H2,1-4H3. The Morgan fingerprint density at radius 2 is 1.90 bits per heavy atom. The molecule has 20 heavy (non-hydrogen) atoms. The molecule has 0 spiro atoms.